The highest BCUT2D eigenvalue weighted by molar-refractivity contribution is 6.04. The van der Waals surface area contributed by atoms with Crippen molar-refractivity contribution in [2.45, 2.75) is 26.2 Å². The Morgan fingerprint density at radius 1 is 1.15 bits per heavy atom. The predicted molar refractivity (Wildman–Crippen MR) is 96.0 cm³/mol. The maximum absolute atomic E-state index is 13.8. The molecule has 2 aromatic carbocycles. The molecule has 0 fully saturated rings. The zero-order valence-corrected chi connectivity index (χ0v) is 14.3. The lowest BCUT2D eigenvalue weighted by atomic mass is 9.86. The van der Waals surface area contributed by atoms with Gasteiger partial charge in [-0.15, -0.1) is 0 Å². The molecule has 1 aromatic heterocycles. The molecule has 4 rings (SSSR count). The molecule has 1 unspecified atom stereocenters. The molecule has 0 aliphatic heterocycles. The van der Waals surface area contributed by atoms with Gasteiger partial charge in [-0.3, -0.25) is 14.2 Å². The van der Waals surface area contributed by atoms with E-state index in [-0.39, 0.29) is 5.91 Å². The zero-order valence-electron chi connectivity index (χ0n) is 14.3. The summed E-state index contributed by atoms with van der Waals surface area (Å²) >= 11 is 0. The van der Waals surface area contributed by atoms with Crippen LogP contribution >= 0.6 is 0 Å². The molecule has 1 N–H and O–H groups in total. The molecule has 26 heavy (non-hydrogen) atoms. The Labute approximate surface area is 149 Å². The van der Waals surface area contributed by atoms with Gasteiger partial charge in [0.25, 0.3) is 5.91 Å². The molecule has 0 spiro atoms. The van der Waals surface area contributed by atoms with E-state index in [9.17, 15) is 19.1 Å². The third kappa shape index (κ3) is 2.60. The van der Waals surface area contributed by atoms with Crippen molar-refractivity contribution >= 4 is 22.8 Å². The fourth-order valence-corrected chi connectivity index (χ4v) is 3.80. The number of aliphatic carboxylic acids is 1. The Balaban J connectivity index is 1.91. The summed E-state index contributed by atoms with van der Waals surface area (Å²) in [5, 5.41) is 9.99. The highest BCUT2D eigenvalue weighted by Crippen LogP contribution is 2.35. The van der Waals surface area contributed by atoms with Crippen molar-refractivity contribution < 1.29 is 19.1 Å². The molecular weight excluding hydrogens is 333 g/mol. The quantitative estimate of drug-likeness (QED) is 0.760. The monoisotopic (exact) mass is 351 g/mol. The molecule has 0 saturated heterocycles. The van der Waals surface area contributed by atoms with Gasteiger partial charge in [0.05, 0.1) is 11.4 Å². The lowest BCUT2D eigenvalue weighted by molar-refractivity contribution is -0.142. The molecule has 1 heterocycles. The smallest absolute Gasteiger partial charge is 0.306 e. The molecule has 4 nitrogen and oxygen atoms in total. The van der Waals surface area contributed by atoms with Crippen molar-refractivity contribution in [2.75, 3.05) is 0 Å². The van der Waals surface area contributed by atoms with Crippen molar-refractivity contribution in [3.63, 3.8) is 0 Å². The van der Waals surface area contributed by atoms with E-state index in [0.29, 0.717) is 35.7 Å². The average molecular weight is 351 g/mol. The highest BCUT2D eigenvalue weighted by atomic mass is 19.1. The molecule has 0 amide bonds. The number of aryl methyl sites for hydroxylation is 1. The average Bonchev–Trinajstić information content (AvgIpc) is 2.94. The first-order valence-electron chi connectivity index (χ1n) is 8.61. The largest absolute Gasteiger partial charge is 0.481 e. The summed E-state index contributed by atoms with van der Waals surface area (Å²) in [5.74, 6) is -1.91. The number of fused-ring (bicyclic) bond motifs is 3. The first kappa shape index (κ1) is 16.5. The van der Waals surface area contributed by atoms with E-state index in [1.165, 1.54) is 12.1 Å². The van der Waals surface area contributed by atoms with Gasteiger partial charge < -0.3 is 5.11 Å². The summed E-state index contributed by atoms with van der Waals surface area (Å²) in [6.07, 6.45) is 1.28. The van der Waals surface area contributed by atoms with Crippen molar-refractivity contribution in [1.82, 2.24) is 4.57 Å². The first-order chi connectivity index (χ1) is 12.5. The fraction of sp³-hybridized carbons (Fsp3) is 0.238. The van der Waals surface area contributed by atoms with E-state index >= 15 is 0 Å². The number of nitrogens with zero attached hydrogens (tertiary/aromatic N) is 1. The minimum absolute atomic E-state index is 0.170. The predicted octanol–water partition coefficient (Wildman–Crippen LogP) is 3.97. The van der Waals surface area contributed by atoms with Gasteiger partial charge in [0.1, 0.15) is 5.82 Å². The van der Waals surface area contributed by atoms with Crippen molar-refractivity contribution in [2.24, 2.45) is 5.92 Å². The van der Waals surface area contributed by atoms with Crippen LogP contribution in [0.25, 0.3) is 10.9 Å². The normalized spacial score (nSPS) is 16.5. The summed E-state index contributed by atoms with van der Waals surface area (Å²) < 4.78 is 15.5. The van der Waals surface area contributed by atoms with Gasteiger partial charge >= 0.3 is 5.97 Å². The maximum atomic E-state index is 13.8. The summed E-state index contributed by atoms with van der Waals surface area (Å²) in [6.45, 7) is 1.95. The van der Waals surface area contributed by atoms with E-state index in [0.717, 1.165) is 16.8 Å². The SMILES string of the molecule is Cc1ccc(C(=O)n2c3c(c4cc(F)ccc42)CC(C(=O)O)CC3)cc1. The molecule has 0 radical (unpaired) electrons. The third-order valence-electron chi connectivity index (χ3n) is 5.17. The number of benzene rings is 2. The number of rotatable bonds is 2. The van der Waals surface area contributed by atoms with Crippen LogP contribution in [-0.4, -0.2) is 21.6 Å². The molecule has 3 aromatic rings. The van der Waals surface area contributed by atoms with Crippen LogP contribution in [0.3, 0.4) is 0 Å². The Bertz CT molecular complexity index is 1030. The molecule has 1 aliphatic rings. The number of hydrogen-bond acceptors (Lipinski definition) is 2. The number of carboxylic acid groups (broad SMARTS) is 1. The van der Waals surface area contributed by atoms with Crippen molar-refractivity contribution in [3.8, 4) is 0 Å². The summed E-state index contributed by atoms with van der Waals surface area (Å²) in [5.41, 5.74) is 3.83. The van der Waals surface area contributed by atoms with Crippen LogP contribution in [0.4, 0.5) is 4.39 Å². The Morgan fingerprint density at radius 2 is 1.88 bits per heavy atom. The number of halogens is 1. The van der Waals surface area contributed by atoms with Gasteiger partial charge in [0, 0.05) is 16.6 Å². The van der Waals surface area contributed by atoms with Crippen LogP contribution in [0.15, 0.2) is 42.5 Å². The Kier molecular flexibility index (Phi) is 3.87. The van der Waals surface area contributed by atoms with E-state index in [1.54, 1.807) is 22.8 Å². The lowest BCUT2D eigenvalue weighted by Crippen LogP contribution is -2.24. The van der Waals surface area contributed by atoms with Gasteiger partial charge in [-0.1, -0.05) is 17.7 Å². The van der Waals surface area contributed by atoms with Gasteiger partial charge in [-0.25, -0.2) is 4.39 Å². The van der Waals surface area contributed by atoms with Crippen molar-refractivity contribution in [1.29, 1.82) is 0 Å². The van der Waals surface area contributed by atoms with Gasteiger partial charge in [-0.2, -0.15) is 0 Å². The number of aromatic nitrogens is 1. The van der Waals surface area contributed by atoms with Crippen LogP contribution in [0.1, 0.15) is 33.6 Å². The standard InChI is InChI=1S/C21H18FNO3/c1-12-2-4-13(5-3-12)20(24)23-18-8-6-14(21(25)26)10-16(18)17-11-15(22)7-9-19(17)23/h2-5,7,9,11,14H,6,8,10H2,1H3,(H,25,26). The number of carbonyl (C=O) groups is 2. The fourth-order valence-electron chi connectivity index (χ4n) is 3.80. The molecule has 0 bridgehead atoms. The van der Waals surface area contributed by atoms with E-state index in [2.05, 4.69) is 0 Å². The van der Waals surface area contributed by atoms with Crippen LogP contribution in [0.2, 0.25) is 0 Å². The van der Waals surface area contributed by atoms with E-state index in [1.807, 2.05) is 19.1 Å². The number of carbonyl (C=O) groups excluding carboxylic acids is 1. The van der Waals surface area contributed by atoms with Crippen LogP contribution < -0.4 is 0 Å². The second kappa shape index (κ2) is 6.09. The Morgan fingerprint density at radius 3 is 2.58 bits per heavy atom. The second-order valence-electron chi connectivity index (χ2n) is 6.87. The Hall–Kier alpha value is -2.95. The second-order valence-corrected chi connectivity index (χ2v) is 6.87. The summed E-state index contributed by atoms with van der Waals surface area (Å²) in [7, 11) is 0. The van der Waals surface area contributed by atoms with Crippen LogP contribution in [0.5, 0.6) is 0 Å². The number of carboxylic acids is 1. The van der Waals surface area contributed by atoms with Gasteiger partial charge in [0.2, 0.25) is 0 Å². The molecule has 0 saturated carbocycles. The zero-order chi connectivity index (χ0) is 18.4. The minimum Gasteiger partial charge on any atom is -0.481 e. The first-order valence-corrected chi connectivity index (χ1v) is 8.61. The summed E-state index contributed by atoms with van der Waals surface area (Å²) in [6, 6.07) is 11.7. The van der Waals surface area contributed by atoms with Crippen molar-refractivity contribution in [3.05, 3.63) is 70.7 Å². The topological polar surface area (TPSA) is 59.3 Å². The molecule has 5 heteroatoms. The highest BCUT2D eigenvalue weighted by Gasteiger charge is 2.31. The molecule has 132 valence electrons. The van der Waals surface area contributed by atoms with Gasteiger partial charge in [0.15, 0.2) is 0 Å². The van der Waals surface area contributed by atoms with E-state index < -0.39 is 17.7 Å². The number of hydrogen-bond donors (Lipinski definition) is 1. The molecule has 1 aliphatic carbocycles. The minimum atomic E-state index is -0.849. The van der Waals surface area contributed by atoms with Crippen LogP contribution in [0, 0.1) is 18.7 Å². The summed E-state index contributed by atoms with van der Waals surface area (Å²) in [4.78, 5) is 24.6. The third-order valence-corrected chi connectivity index (χ3v) is 5.17. The maximum Gasteiger partial charge on any atom is 0.306 e. The molecule has 1 atom stereocenters. The van der Waals surface area contributed by atoms with Crippen LogP contribution in [-0.2, 0) is 17.6 Å². The van der Waals surface area contributed by atoms with E-state index in [4.69, 9.17) is 0 Å². The van der Waals surface area contributed by atoms with Gasteiger partial charge in [-0.05, 0) is 62.1 Å². The lowest BCUT2D eigenvalue weighted by Gasteiger charge is -2.20. The molecular formula is C21H18FNO3.